The van der Waals surface area contributed by atoms with Gasteiger partial charge in [0.1, 0.15) is 10.6 Å². The molecule has 1 aliphatic carbocycles. The normalized spacial score (nSPS) is 17.8. The van der Waals surface area contributed by atoms with E-state index in [-0.39, 0.29) is 28.8 Å². The highest BCUT2D eigenvalue weighted by Crippen LogP contribution is 2.40. The van der Waals surface area contributed by atoms with Crippen LogP contribution in [0.15, 0.2) is 23.1 Å². The Morgan fingerprint density at radius 1 is 1.50 bits per heavy atom. The van der Waals surface area contributed by atoms with Crippen LogP contribution in [-0.4, -0.2) is 32.5 Å². The number of nitrogens with two attached hydrogens (primary N) is 1. The number of hydrogen-bond donors (Lipinski definition) is 2. The summed E-state index contributed by atoms with van der Waals surface area (Å²) in [6, 6.07) is 3.39. The summed E-state index contributed by atoms with van der Waals surface area (Å²) in [5, 5.41) is 10.8. The van der Waals surface area contributed by atoms with E-state index in [0.29, 0.717) is 0 Å². The molecule has 0 heterocycles. The van der Waals surface area contributed by atoms with E-state index >= 15 is 0 Å². The lowest BCUT2D eigenvalue weighted by Crippen LogP contribution is -2.53. The molecule has 1 atom stereocenters. The Morgan fingerprint density at radius 2 is 2.14 bits per heavy atom. The first-order chi connectivity index (χ1) is 10.2. The van der Waals surface area contributed by atoms with E-state index in [1.165, 1.54) is 13.2 Å². The summed E-state index contributed by atoms with van der Waals surface area (Å²) in [7, 11) is -2.63. The molecule has 1 aliphatic rings. The zero-order valence-corrected chi connectivity index (χ0v) is 13.2. The van der Waals surface area contributed by atoms with Gasteiger partial charge in [0.2, 0.25) is 10.0 Å². The van der Waals surface area contributed by atoms with Crippen molar-refractivity contribution in [2.45, 2.75) is 30.2 Å². The minimum absolute atomic E-state index is 0.0723. The largest absolute Gasteiger partial charge is 0.495 e. The van der Waals surface area contributed by atoms with Gasteiger partial charge < -0.3 is 10.5 Å². The summed E-state index contributed by atoms with van der Waals surface area (Å²) < 4.78 is 32.8. The van der Waals surface area contributed by atoms with Crippen LogP contribution in [0, 0.1) is 16.0 Å². The third-order valence-corrected chi connectivity index (χ3v) is 5.57. The van der Waals surface area contributed by atoms with Gasteiger partial charge >= 0.3 is 0 Å². The van der Waals surface area contributed by atoms with Crippen LogP contribution in [0.2, 0.25) is 0 Å². The van der Waals surface area contributed by atoms with Gasteiger partial charge in [0, 0.05) is 18.2 Å². The fraction of sp³-hybridized carbons (Fsp3) is 0.538. The lowest BCUT2D eigenvalue weighted by atomic mass is 9.98. The zero-order chi connectivity index (χ0) is 16.5. The number of sulfonamides is 1. The maximum absolute atomic E-state index is 12.6. The molecule has 1 aromatic rings. The number of nitrogens with one attached hydrogen (secondary N) is 1. The van der Waals surface area contributed by atoms with Gasteiger partial charge in [-0.05, 0) is 31.7 Å². The van der Waals surface area contributed by atoms with Crippen LogP contribution in [-0.2, 0) is 10.0 Å². The molecule has 122 valence electrons. The van der Waals surface area contributed by atoms with Crippen LogP contribution in [0.25, 0.3) is 0 Å². The van der Waals surface area contributed by atoms with E-state index in [2.05, 4.69) is 4.72 Å². The third-order valence-electron chi connectivity index (χ3n) is 3.92. The number of methoxy groups -OCH3 is 1. The Morgan fingerprint density at radius 3 is 2.59 bits per heavy atom. The van der Waals surface area contributed by atoms with Crippen LogP contribution in [0.3, 0.4) is 0 Å². The van der Waals surface area contributed by atoms with Gasteiger partial charge in [-0.2, -0.15) is 0 Å². The molecule has 1 saturated carbocycles. The van der Waals surface area contributed by atoms with Crippen molar-refractivity contribution in [2.75, 3.05) is 13.7 Å². The number of nitrogens with zero attached hydrogens (tertiary/aromatic N) is 1. The molecule has 22 heavy (non-hydrogen) atoms. The molecule has 0 amide bonds. The highest BCUT2D eigenvalue weighted by atomic mass is 32.2. The Hall–Kier alpha value is -1.71. The van der Waals surface area contributed by atoms with Crippen LogP contribution in [0.5, 0.6) is 5.75 Å². The van der Waals surface area contributed by atoms with Crippen molar-refractivity contribution in [3.63, 3.8) is 0 Å². The second-order valence-electron chi connectivity index (χ2n) is 5.59. The Bertz CT molecular complexity index is 687. The standard InChI is InChI=1S/C13H19N3O5S/c1-13(8-14,9-3-4-9)15-22(19,20)12-6-5-10(16(17)18)7-11(12)21-2/h5-7,9,15H,3-4,8,14H2,1-2H3. The summed E-state index contributed by atoms with van der Waals surface area (Å²) in [5.41, 5.74) is 4.75. The van der Waals surface area contributed by atoms with E-state index in [9.17, 15) is 18.5 Å². The number of benzene rings is 1. The molecular weight excluding hydrogens is 310 g/mol. The van der Waals surface area contributed by atoms with E-state index < -0.39 is 20.5 Å². The second-order valence-corrected chi connectivity index (χ2v) is 7.24. The zero-order valence-electron chi connectivity index (χ0n) is 12.4. The molecule has 0 aliphatic heterocycles. The maximum Gasteiger partial charge on any atom is 0.273 e. The Kier molecular flexibility index (Phi) is 4.41. The van der Waals surface area contributed by atoms with Crippen molar-refractivity contribution in [3.8, 4) is 5.75 Å². The minimum atomic E-state index is -3.90. The monoisotopic (exact) mass is 329 g/mol. The predicted molar refractivity (Wildman–Crippen MR) is 80.2 cm³/mol. The quantitative estimate of drug-likeness (QED) is 0.568. The van der Waals surface area contributed by atoms with Crippen LogP contribution in [0.4, 0.5) is 5.69 Å². The molecule has 1 fully saturated rings. The average molecular weight is 329 g/mol. The first kappa shape index (κ1) is 16.7. The molecule has 0 radical (unpaired) electrons. The fourth-order valence-corrected chi connectivity index (χ4v) is 3.99. The number of nitro groups is 1. The van der Waals surface area contributed by atoms with Gasteiger partial charge in [-0.15, -0.1) is 0 Å². The third kappa shape index (κ3) is 3.21. The topological polar surface area (TPSA) is 125 Å². The molecule has 0 spiro atoms. The van der Waals surface area contributed by atoms with Gasteiger partial charge in [-0.1, -0.05) is 0 Å². The molecule has 0 bridgehead atoms. The van der Waals surface area contributed by atoms with Gasteiger partial charge in [-0.3, -0.25) is 10.1 Å². The second kappa shape index (κ2) is 5.82. The summed E-state index contributed by atoms with van der Waals surface area (Å²) in [4.78, 5) is 10.0. The summed E-state index contributed by atoms with van der Waals surface area (Å²) >= 11 is 0. The first-order valence-corrected chi connectivity index (χ1v) is 8.28. The molecule has 9 heteroatoms. The summed E-state index contributed by atoms with van der Waals surface area (Å²) in [6.45, 7) is 1.94. The summed E-state index contributed by atoms with van der Waals surface area (Å²) in [5.74, 6) is 0.133. The van der Waals surface area contributed by atoms with Crippen molar-refractivity contribution in [1.82, 2.24) is 4.72 Å². The number of nitro benzene ring substituents is 1. The molecule has 8 nitrogen and oxygen atoms in total. The highest BCUT2D eigenvalue weighted by molar-refractivity contribution is 7.89. The molecule has 2 rings (SSSR count). The molecule has 0 saturated heterocycles. The van der Waals surface area contributed by atoms with Crippen LogP contribution >= 0.6 is 0 Å². The van der Waals surface area contributed by atoms with Crippen molar-refractivity contribution in [3.05, 3.63) is 28.3 Å². The number of rotatable bonds is 7. The van der Waals surface area contributed by atoms with Gasteiger partial charge in [0.15, 0.2) is 0 Å². The molecule has 3 N–H and O–H groups in total. The van der Waals surface area contributed by atoms with Crippen molar-refractivity contribution in [1.29, 1.82) is 0 Å². The van der Waals surface area contributed by atoms with Crippen molar-refractivity contribution >= 4 is 15.7 Å². The van der Waals surface area contributed by atoms with E-state index in [1.54, 1.807) is 6.92 Å². The molecule has 1 unspecified atom stereocenters. The lowest BCUT2D eigenvalue weighted by Gasteiger charge is -2.29. The average Bonchev–Trinajstić information content (AvgIpc) is 3.30. The SMILES string of the molecule is COc1cc([N+](=O)[O-])ccc1S(=O)(=O)NC(C)(CN)C1CC1. The van der Waals surface area contributed by atoms with E-state index in [4.69, 9.17) is 10.5 Å². The van der Waals surface area contributed by atoms with Crippen LogP contribution < -0.4 is 15.2 Å². The first-order valence-electron chi connectivity index (χ1n) is 6.80. The fourth-order valence-electron chi connectivity index (χ4n) is 2.37. The van der Waals surface area contributed by atoms with Gasteiger partial charge in [-0.25, -0.2) is 13.1 Å². The van der Waals surface area contributed by atoms with Crippen molar-refractivity contribution in [2.24, 2.45) is 11.7 Å². The van der Waals surface area contributed by atoms with Crippen LogP contribution in [0.1, 0.15) is 19.8 Å². The molecular formula is C13H19N3O5S. The van der Waals surface area contributed by atoms with Gasteiger partial charge in [0.25, 0.3) is 5.69 Å². The van der Waals surface area contributed by atoms with E-state index in [0.717, 1.165) is 25.0 Å². The Labute approximate surface area is 128 Å². The predicted octanol–water partition coefficient (Wildman–Crippen LogP) is 1.01. The number of non-ortho nitro benzene ring substituents is 1. The smallest absolute Gasteiger partial charge is 0.273 e. The Balaban J connectivity index is 2.38. The van der Waals surface area contributed by atoms with E-state index in [1.807, 2.05) is 0 Å². The lowest BCUT2D eigenvalue weighted by molar-refractivity contribution is -0.385. The van der Waals surface area contributed by atoms with Crippen molar-refractivity contribution < 1.29 is 18.1 Å². The highest BCUT2D eigenvalue weighted by Gasteiger charge is 2.43. The minimum Gasteiger partial charge on any atom is -0.495 e. The summed E-state index contributed by atoms with van der Waals surface area (Å²) in [6.07, 6.45) is 1.85. The molecule has 1 aromatic carbocycles. The molecule has 0 aromatic heterocycles. The van der Waals surface area contributed by atoms with Gasteiger partial charge in [0.05, 0.1) is 18.1 Å². The number of ether oxygens (including phenoxy) is 1. The maximum atomic E-state index is 12.6. The number of hydrogen-bond acceptors (Lipinski definition) is 6.